The molecule has 4 nitrogen and oxygen atoms in total. The molecule has 0 spiro atoms. The van der Waals surface area contributed by atoms with Gasteiger partial charge in [-0.25, -0.2) is 0 Å². The van der Waals surface area contributed by atoms with Gasteiger partial charge < -0.3 is 9.63 Å². The molecule has 2 unspecified atom stereocenters. The molecule has 2 atom stereocenters. The molecule has 0 fully saturated rings. The lowest BCUT2D eigenvalue weighted by Crippen LogP contribution is -2.21. The molecule has 0 bridgehead atoms. The van der Waals surface area contributed by atoms with Crippen molar-refractivity contribution in [3.63, 3.8) is 0 Å². The van der Waals surface area contributed by atoms with E-state index in [1.807, 2.05) is 13.8 Å². The maximum Gasteiger partial charge on any atom is 0.316 e. The summed E-state index contributed by atoms with van der Waals surface area (Å²) >= 11 is 0. The minimum absolute atomic E-state index is 0.320. The Labute approximate surface area is 98.5 Å². The maximum absolute atomic E-state index is 11.6. The number of hydrogen-bond acceptors (Lipinski definition) is 4. The van der Waals surface area contributed by atoms with Gasteiger partial charge >= 0.3 is 5.97 Å². The van der Waals surface area contributed by atoms with Gasteiger partial charge in [0.1, 0.15) is 11.7 Å². The van der Waals surface area contributed by atoms with Gasteiger partial charge in [-0.3, -0.25) is 4.79 Å². The second-order valence-corrected chi connectivity index (χ2v) is 4.97. The van der Waals surface area contributed by atoms with Crippen molar-refractivity contribution in [1.82, 2.24) is 0 Å². The van der Waals surface area contributed by atoms with Gasteiger partial charge in [-0.2, -0.15) is 4.52 Å². The van der Waals surface area contributed by atoms with Crippen molar-refractivity contribution < 1.29 is 18.9 Å². The van der Waals surface area contributed by atoms with Crippen molar-refractivity contribution in [2.24, 2.45) is 11.8 Å². The Hall–Kier alpha value is -0.440. The molecule has 0 aromatic carbocycles. The molecule has 0 rings (SSSR count). The van der Waals surface area contributed by atoms with Crippen LogP contribution in [0.4, 0.5) is 0 Å². The van der Waals surface area contributed by atoms with Crippen molar-refractivity contribution in [2.45, 2.75) is 34.1 Å². The Morgan fingerprint density at radius 3 is 2.44 bits per heavy atom. The summed E-state index contributed by atoms with van der Waals surface area (Å²) < 4.78 is 9.86. The van der Waals surface area contributed by atoms with E-state index in [2.05, 4.69) is 0 Å². The SMILES string of the molecule is CCOC(=O)C(C=[P+]([O-])OCC)CC(C)C. The molecule has 0 aromatic heterocycles. The third-order valence-corrected chi connectivity index (χ3v) is 2.99. The minimum Gasteiger partial charge on any atom is -0.603 e. The van der Waals surface area contributed by atoms with Crippen LogP contribution in [-0.4, -0.2) is 25.0 Å². The number of carbonyl (C=O) groups excluding carboxylic acids is 1. The van der Waals surface area contributed by atoms with Crippen LogP contribution in [0.3, 0.4) is 0 Å². The monoisotopic (exact) mass is 248 g/mol. The normalized spacial score (nSPS) is 14.0. The predicted octanol–water partition coefficient (Wildman–Crippen LogP) is 1.72. The maximum atomic E-state index is 11.6. The summed E-state index contributed by atoms with van der Waals surface area (Å²) in [6.07, 6.45) is 0.632. The lowest BCUT2D eigenvalue weighted by atomic mass is 9.99. The summed E-state index contributed by atoms with van der Waals surface area (Å²) in [6, 6.07) is 0. The zero-order valence-corrected chi connectivity index (χ0v) is 11.3. The molecule has 0 aliphatic heterocycles. The van der Waals surface area contributed by atoms with Gasteiger partial charge in [0.15, 0.2) is 0 Å². The first kappa shape index (κ1) is 15.6. The molecule has 0 heterocycles. The average molecular weight is 248 g/mol. The third kappa shape index (κ3) is 6.94. The zero-order chi connectivity index (χ0) is 12.6. The lowest BCUT2D eigenvalue weighted by Gasteiger charge is -2.12. The van der Waals surface area contributed by atoms with Crippen LogP contribution in [0.1, 0.15) is 34.1 Å². The number of carbonyl (C=O) groups is 1. The molecule has 0 saturated carbocycles. The molecular formula is C11H21O4P. The fourth-order valence-corrected chi connectivity index (χ4v) is 2.17. The lowest BCUT2D eigenvalue weighted by molar-refractivity contribution is -0.172. The fourth-order valence-electron chi connectivity index (χ4n) is 1.29. The van der Waals surface area contributed by atoms with E-state index in [1.54, 1.807) is 13.8 Å². The molecule has 94 valence electrons. The molecule has 0 saturated heterocycles. The van der Waals surface area contributed by atoms with Gasteiger partial charge in [0, 0.05) is 0 Å². The van der Waals surface area contributed by atoms with E-state index in [9.17, 15) is 9.69 Å². The zero-order valence-electron chi connectivity index (χ0n) is 10.4. The number of rotatable bonds is 7. The van der Waals surface area contributed by atoms with E-state index < -0.39 is 13.9 Å². The molecule has 0 amide bonds. The quantitative estimate of drug-likeness (QED) is 0.508. The first-order chi connectivity index (χ1) is 7.51. The number of esters is 1. The predicted molar refractivity (Wildman–Crippen MR) is 64.2 cm³/mol. The van der Waals surface area contributed by atoms with Crippen molar-refractivity contribution >= 4 is 19.8 Å². The van der Waals surface area contributed by atoms with E-state index in [4.69, 9.17) is 9.26 Å². The Balaban J connectivity index is 4.53. The Bertz CT molecular complexity index is 238. The highest BCUT2D eigenvalue weighted by Crippen LogP contribution is 2.19. The largest absolute Gasteiger partial charge is 0.603 e. The van der Waals surface area contributed by atoms with Crippen LogP contribution >= 0.6 is 8.00 Å². The third-order valence-electron chi connectivity index (χ3n) is 1.87. The highest BCUT2D eigenvalue weighted by molar-refractivity contribution is 7.44. The molecule has 0 radical (unpaired) electrons. The molecule has 0 aliphatic rings. The Morgan fingerprint density at radius 2 is 2.00 bits per heavy atom. The van der Waals surface area contributed by atoms with Gasteiger partial charge in [0.05, 0.1) is 13.2 Å². The number of ether oxygens (including phenoxy) is 1. The van der Waals surface area contributed by atoms with Crippen LogP contribution in [0.5, 0.6) is 0 Å². The molecular weight excluding hydrogens is 227 g/mol. The second-order valence-electron chi connectivity index (χ2n) is 3.84. The van der Waals surface area contributed by atoms with E-state index in [0.717, 1.165) is 0 Å². The van der Waals surface area contributed by atoms with Crippen LogP contribution in [0.25, 0.3) is 0 Å². The highest BCUT2D eigenvalue weighted by atomic mass is 31.1. The molecule has 0 aliphatic carbocycles. The summed E-state index contributed by atoms with van der Waals surface area (Å²) in [7, 11) is -1.87. The van der Waals surface area contributed by atoms with Crippen LogP contribution in [0.15, 0.2) is 0 Å². The molecule has 5 heteroatoms. The van der Waals surface area contributed by atoms with Crippen LogP contribution in [0, 0.1) is 11.8 Å². The topological polar surface area (TPSA) is 58.6 Å². The van der Waals surface area contributed by atoms with Crippen LogP contribution < -0.4 is 4.89 Å². The van der Waals surface area contributed by atoms with Gasteiger partial charge in [-0.15, -0.1) is 0 Å². The summed E-state index contributed by atoms with van der Waals surface area (Å²) in [5, 5.41) is 0. The van der Waals surface area contributed by atoms with E-state index in [-0.39, 0.29) is 5.97 Å². The minimum atomic E-state index is -1.87. The first-order valence-corrected chi connectivity index (χ1v) is 6.86. The standard InChI is InChI=1S/C11H21O4P/c1-5-14-11(12)10(7-9(3)4)8-16(13)15-6-2/h8-10H,5-7H2,1-4H3. The van der Waals surface area contributed by atoms with Gasteiger partial charge in [-0.05, 0) is 26.2 Å². The molecule has 16 heavy (non-hydrogen) atoms. The molecule has 0 aromatic rings. The van der Waals surface area contributed by atoms with Gasteiger partial charge in [0.25, 0.3) is 0 Å². The smallest absolute Gasteiger partial charge is 0.316 e. The summed E-state index contributed by atoms with van der Waals surface area (Å²) in [4.78, 5) is 23.0. The second kappa shape index (κ2) is 8.68. The van der Waals surface area contributed by atoms with E-state index in [0.29, 0.717) is 25.6 Å². The van der Waals surface area contributed by atoms with Crippen LogP contribution in [0.2, 0.25) is 0 Å². The fraction of sp³-hybridized carbons (Fsp3) is 0.818. The molecule has 0 N–H and O–H groups in total. The van der Waals surface area contributed by atoms with Gasteiger partial charge in [0.2, 0.25) is 8.00 Å². The van der Waals surface area contributed by atoms with E-state index >= 15 is 0 Å². The van der Waals surface area contributed by atoms with Crippen molar-refractivity contribution in [3.8, 4) is 0 Å². The number of hydrogen-bond donors (Lipinski definition) is 0. The highest BCUT2D eigenvalue weighted by Gasteiger charge is 2.22. The summed E-state index contributed by atoms with van der Waals surface area (Å²) in [5.41, 5.74) is 0. The van der Waals surface area contributed by atoms with Crippen molar-refractivity contribution in [3.05, 3.63) is 0 Å². The average Bonchev–Trinajstić information content (AvgIpc) is 2.16. The van der Waals surface area contributed by atoms with Crippen LogP contribution in [-0.2, 0) is 14.1 Å². The van der Waals surface area contributed by atoms with Crippen molar-refractivity contribution in [2.75, 3.05) is 13.2 Å². The van der Waals surface area contributed by atoms with E-state index in [1.165, 1.54) is 5.80 Å². The summed E-state index contributed by atoms with van der Waals surface area (Å²) in [6.45, 7) is 8.26. The Morgan fingerprint density at radius 1 is 1.38 bits per heavy atom. The first-order valence-electron chi connectivity index (χ1n) is 5.62. The van der Waals surface area contributed by atoms with Crippen molar-refractivity contribution in [1.29, 1.82) is 0 Å². The van der Waals surface area contributed by atoms with Gasteiger partial charge in [-0.1, -0.05) is 13.8 Å². The summed E-state index contributed by atoms with van der Waals surface area (Å²) in [5.74, 6) is 1.04. The Kier molecular flexibility index (Phi) is 8.44.